The third-order valence-corrected chi connectivity index (χ3v) is 4.88. The van der Waals surface area contributed by atoms with Crippen LogP contribution in [0.2, 0.25) is 0 Å². The largest absolute Gasteiger partial charge is 0.399 e. The van der Waals surface area contributed by atoms with Gasteiger partial charge in [-0.3, -0.25) is 0 Å². The Balaban J connectivity index is 1.54. The summed E-state index contributed by atoms with van der Waals surface area (Å²) in [5, 5.41) is 2.91. The van der Waals surface area contributed by atoms with Gasteiger partial charge in [-0.1, -0.05) is 12.5 Å². The molecule has 3 N–H and O–H groups in total. The first-order valence-corrected chi connectivity index (χ1v) is 7.49. The van der Waals surface area contributed by atoms with Gasteiger partial charge in [-0.2, -0.15) is 0 Å². The normalized spacial score (nSPS) is 27.6. The Kier molecular flexibility index (Phi) is 3.55. The van der Waals surface area contributed by atoms with Crippen LogP contribution in [-0.4, -0.2) is 24.5 Å². The molecule has 1 aromatic carbocycles. The molecule has 3 rings (SSSR count). The zero-order valence-corrected chi connectivity index (χ0v) is 12.0. The molecule has 4 nitrogen and oxygen atoms in total. The number of urea groups is 1. The third kappa shape index (κ3) is 2.74. The standard InChI is InChI=1S/C16H23N3O/c1-19(10-13-8-11-5-6-12(13)7-11)16(20)18-15-4-2-3-14(17)9-15/h2-4,9,11-13H,5-8,10,17H2,1H3,(H,18,20). The maximum atomic E-state index is 12.2. The monoisotopic (exact) mass is 273 g/mol. The molecule has 1 aromatic rings. The number of carbonyl (C=O) groups is 1. The average molecular weight is 273 g/mol. The van der Waals surface area contributed by atoms with E-state index < -0.39 is 0 Å². The minimum atomic E-state index is -0.0432. The highest BCUT2D eigenvalue weighted by molar-refractivity contribution is 5.89. The summed E-state index contributed by atoms with van der Waals surface area (Å²) < 4.78 is 0. The van der Waals surface area contributed by atoms with Gasteiger partial charge in [-0.15, -0.1) is 0 Å². The zero-order chi connectivity index (χ0) is 14.1. The van der Waals surface area contributed by atoms with Crippen LogP contribution in [0.15, 0.2) is 24.3 Å². The van der Waals surface area contributed by atoms with E-state index in [0.717, 1.165) is 24.1 Å². The van der Waals surface area contributed by atoms with Crippen molar-refractivity contribution in [2.45, 2.75) is 25.7 Å². The van der Waals surface area contributed by atoms with E-state index in [1.165, 1.54) is 25.7 Å². The minimum Gasteiger partial charge on any atom is -0.399 e. The first-order valence-electron chi connectivity index (χ1n) is 7.49. The van der Waals surface area contributed by atoms with Crippen LogP contribution in [0, 0.1) is 17.8 Å². The second kappa shape index (κ2) is 5.35. The van der Waals surface area contributed by atoms with Gasteiger partial charge in [0.2, 0.25) is 0 Å². The van der Waals surface area contributed by atoms with E-state index in [9.17, 15) is 4.79 Å². The molecule has 0 radical (unpaired) electrons. The summed E-state index contributed by atoms with van der Waals surface area (Å²) in [4.78, 5) is 14.0. The molecule has 3 atom stereocenters. The lowest BCUT2D eigenvalue weighted by molar-refractivity contribution is 0.200. The van der Waals surface area contributed by atoms with Gasteiger partial charge in [-0.25, -0.2) is 4.79 Å². The first kappa shape index (κ1) is 13.3. The quantitative estimate of drug-likeness (QED) is 0.831. The van der Waals surface area contributed by atoms with Crippen molar-refractivity contribution in [3.05, 3.63) is 24.3 Å². The van der Waals surface area contributed by atoms with E-state index in [1.54, 1.807) is 6.07 Å². The van der Waals surface area contributed by atoms with E-state index >= 15 is 0 Å². The summed E-state index contributed by atoms with van der Waals surface area (Å²) in [6.07, 6.45) is 5.45. The Labute approximate surface area is 120 Å². The molecule has 3 unspecified atom stereocenters. The van der Waals surface area contributed by atoms with Gasteiger partial charge in [0.25, 0.3) is 0 Å². The second-order valence-corrected chi connectivity index (χ2v) is 6.37. The van der Waals surface area contributed by atoms with Crippen molar-refractivity contribution in [1.82, 2.24) is 4.90 Å². The number of amides is 2. The number of nitrogens with one attached hydrogen (secondary N) is 1. The number of hydrogen-bond acceptors (Lipinski definition) is 2. The van der Waals surface area contributed by atoms with Crippen LogP contribution in [0.1, 0.15) is 25.7 Å². The molecule has 108 valence electrons. The highest BCUT2D eigenvalue weighted by Gasteiger charge is 2.40. The maximum Gasteiger partial charge on any atom is 0.321 e. The number of nitrogens with two attached hydrogens (primary N) is 1. The zero-order valence-electron chi connectivity index (χ0n) is 12.0. The SMILES string of the molecule is CN(CC1CC2CCC1C2)C(=O)Nc1cccc(N)c1. The van der Waals surface area contributed by atoms with Gasteiger partial charge in [0.05, 0.1) is 0 Å². The highest BCUT2D eigenvalue weighted by atomic mass is 16.2. The molecule has 2 aliphatic rings. The molecule has 4 heteroatoms. The number of hydrogen-bond donors (Lipinski definition) is 2. The fourth-order valence-electron chi connectivity index (χ4n) is 3.87. The molecule has 0 spiro atoms. The molecular formula is C16H23N3O. The second-order valence-electron chi connectivity index (χ2n) is 6.37. The van der Waals surface area contributed by atoms with Gasteiger partial charge in [0.1, 0.15) is 0 Å². The number of fused-ring (bicyclic) bond motifs is 2. The van der Waals surface area contributed by atoms with E-state index in [1.807, 2.05) is 30.1 Å². The maximum absolute atomic E-state index is 12.2. The van der Waals surface area contributed by atoms with Crippen LogP contribution >= 0.6 is 0 Å². The molecular weight excluding hydrogens is 250 g/mol. The number of anilines is 2. The van der Waals surface area contributed by atoms with Crippen molar-refractivity contribution in [1.29, 1.82) is 0 Å². The van der Waals surface area contributed by atoms with Gasteiger partial charge < -0.3 is 16.0 Å². The van der Waals surface area contributed by atoms with Gasteiger partial charge in [0, 0.05) is 25.0 Å². The summed E-state index contributed by atoms with van der Waals surface area (Å²) in [5.41, 5.74) is 7.14. The summed E-state index contributed by atoms with van der Waals surface area (Å²) in [7, 11) is 1.88. The Morgan fingerprint density at radius 2 is 2.25 bits per heavy atom. The van der Waals surface area contributed by atoms with E-state index in [2.05, 4.69) is 5.32 Å². The van der Waals surface area contributed by atoms with Crippen LogP contribution in [-0.2, 0) is 0 Å². The fraction of sp³-hybridized carbons (Fsp3) is 0.562. The van der Waals surface area contributed by atoms with Gasteiger partial charge in [-0.05, 0) is 55.2 Å². The molecule has 20 heavy (non-hydrogen) atoms. The molecule has 2 bridgehead atoms. The van der Waals surface area contributed by atoms with Crippen molar-refractivity contribution in [3.8, 4) is 0 Å². The van der Waals surface area contributed by atoms with E-state index in [4.69, 9.17) is 5.73 Å². The van der Waals surface area contributed by atoms with Crippen molar-refractivity contribution in [2.75, 3.05) is 24.6 Å². The van der Waals surface area contributed by atoms with Crippen LogP contribution < -0.4 is 11.1 Å². The van der Waals surface area contributed by atoms with Crippen LogP contribution in [0.3, 0.4) is 0 Å². The Bertz CT molecular complexity index is 502. The summed E-state index contributed by atoms with van der Waals surface area (Å²) in [6.45, 7) is 0.870. The van der Waals surface area contributed by atoms with Gasteiger partial charge >= 0.3 is 6.03 Å². The Hall–Kier alpha value is -1.71. The van der Waals surface area contributed by atoms with Crippen molar-refractivity contribution < 1.29 is 4.79 Å². The summed E-state index contributed by atoms with van der Waals surface area (Å²) in [6, 6.07) is 7.26. The number of nitrogen functional groups attached to an aromatic ring is 1. The van der Waals surface area contributed by atoms with Crippen LogP contribution in [0.4, 0.5) is 16.2 Å². The third-order valence-electron chi connectivity index (χ3n) is 4.88. The lowest BCUT2D eigenvalue weighted by Crippen LogP contribution is -2.36. The Morgan fingerprint density at radius 3 is 2.90 bits per heavy atom. The number of rotatable bonds is 3. The number of carbonyl (C=O) groups excluding carboxylic acids is 1. The molecule has 0 aliphatic heterocycles. The number of nitrogens with zero attached hydrogens (tertiary/aromatic N) is 1. The topological polar surface area (TPSA) is 58.4 Å². The number of benzene rings is 1. The van der Waals surface area contributed by atoms with E-state index in [-0.39, 0.29) is 6.03 Å². The minimum absolute atomic E-state index is 0.0432. The Morgan fingerprint density at radius 1 is 1.40 bits per heavy atom. The molecule has 2 fully saturated rings. The molecule has 0 aromatic heterocycles. The van der Waals surface area contributed by atoms with Crippen molar-refractivity contribution >= 4 is 17.4 Å². The van der Waals surface area contributed by atoms with Gasteiger partial charge in [0.15, 0.2) is 0 Å². The summed E-state index contributed by atoms with van der Waals surface area (Å²) >= 11 is 0. The summed E-state index contributed by atoms with van der Waals surface area (Å²) in [5.74, 6) is 2.48. The van der Waals surface area contributed by atoms with E-state index in [0.29, 0.717) is 11.6 Å². The first-order chi connectivity index (χ1) is 9.61. The predicted molar refractivity (Wildman–Crippen MR) is 81.4 cm³/mol. The van der Waals surface area contributed by atoms with Crippen LogP contribution in [0.25, 0.3) is 0 Å². The predicted octanol–water partition coefficient (Wildman–Crippen LogP) is 3.17. The smallest absolute Gasteiger partial charge is 0.321 e. The molecule has 2 saturated carbocycles. The van der Waals surface area contributed by atoms with Crippen molar-refractivity contribution in [3.63, 3.8) is 0 Å². The fourth-order valence-corrected chi connectivity index (χ4v) is 3.87. The lowest BCUT2D eigenvalue weighted by atomic mass is 9.88. The average Bonchev–Trinajstić information content (AvgIpc) is 3.01. The molecule has 0 heterocycles. The highest BCUT2D eigenvalue weighted by Crippen LogP contribution is 2.48. The molecule has 2 amide bonds. The van der Waals surface area contributed by atoms with Crippen molar-refractivity contribution in [2.24, 2.45) is 17.8 Å². The lowest BCUT2D eigenvalue weighted by Gasteiger charge is -2.27. The molecule has 2 aliphatic carbocycles. The van der Waals surface area contributed by atoms with Crippen LogP contribution in [0.5, 0.6) is 0 Å². The molecule has 0 saturated heterocycles.